The van der Waals surface area contributed by atoms with Crippen LogP contribution in [0.2, 0.25) is 0 Å². The van der Waals surface area contributed by atoms with Crippen LogP contribution < -0.4 is 5.32 Å². The Bertz CT molecular complexity index is 250. The van der Waals surface area contributed by atoms with E-state index < -0.39 is 5.41 Å². The number of carbonyl (C=O) groups excluding carboxylic acids is 1. The Kier molecular flexibility index (Phi) is 5.74. The van der Waals surface area contributed by atoms with Gasteiger partial charge in [-0.3, -0.25) is 4.79 Å². The number of alkyl halides is 1. The summed E-state index contributed by atoms with van der Waals surface area (Å²) in [5.41, 5.74) is -0.474. The highest BCUT2D eigenvalue weighted by molar-refractivity contribution is 6.19. The molecule has 0 spiro atoms. The Balaban J connectivity index is 2.33. The molecule has 1 heterocycles. The van der Waals surface area contributed by atoms with Gasteiger partial charge in [0.05, 0.1) is 5.41 Å². The third kappa shape index (κ3) is 4.84. The molecule has 17 heavy (non-hydrogen) atoms. The summed E-state index contributed by atoms with van der Waals surface area (Å²) in [5, 5.41) is 3.05. The molecule has 1 N–H and O–H groups in total. The molecular weight excluding hydrogens is 236 g/mol. The van der Waals surface area contributed by atoms with Gasteiger partial charge in [-0.2, -0.15) is 0 Å². The summed E-state index contributed by atoms with van der Waals surface area (Å²) >= 11 is 5.79. The summed E-state index contributed by atoms with van der Waals surface area (Å²) in [6.07, 6.45) is 3.91. The zero-order chi connectivity index (χ0) is 12.9. The fourth-order valence-electron chi connectivity index (χ4n) is 2.05. The number of piperidine rings is 1. The summed E-state index contributed by atoms with van der Waals surface area (Å²) in [4.78, 5) is 14.4. The number of nitrogens with one attached hydrogen (secondary N) is 1. The third-order valence-electron chi connectivity index (χ3n) is 3.31. The van der Waals surface area contributed by atoms with Gasteiger partial charge in [0.15, 0.2) is 0 Å². The Morgan fingerprint density at radius 1 is 1.35 bits per heavy atom. The van der Waals surface area contributed by atoms with Crippen LogP contribution in [-0.2, 0) is 4.79 Å². The highest BCUT2D eigenvalue weighted by Crippen LogP contribution is 2.17. The molecule has 100 valence electrons. The van der Waals surface area contributed by atoms with Crippen molar-refractivity contribution in [2.24, 2.45) is 5.41 Å². The maximum Gasteiger partial charge on any atom is 0.227 e. The van der Waals surface area contributed by atoms with E-state index >= 15 is 0 Å². The molecule has 1 saturated heterocycles. The van der Waals surface area contributed by atoms with Crippen molar-refractivity contribution in [2.45, 2.75) is 46.1 Å². The quantitative estimate of drug-likeness (QED) is 0.769. The average molecular weight is 261 g/mol. The summed E-state index contributed by atoms with van der Waals surface area (Å²) in [6, 6.07) is 0.197. The van der Waals surface area contributed by atoms with E-state index in [0.717, 1.165) is 6.54 Å². The van der Waals surface area contributed by atoms with Crippen molar-refractivity contribution < 1.29 is 4.79 Å². The van der Waals surface area contributed by atoms with Gasteiger partial charge >= 0.3 is 0 Å². The van der Waals surface area contributed by atoms with Gasteiger partial charge in [0.2, 0.25) is 5.91 Å². The molecule has 0 aromatic heterocycles. The SMILES string of the molecule is CC(CN1CCCCC1)NC(=O)C(C)(C)CCl. The molecule has 3 nitrogen and oxygen atoms in total. The number of nitrogens with zero attached hydrogens (tertiary/aromatic N) is 1. The first-order valence-electron chi connectivity index (χ1n) is 6.55. The molecule has 1 atom stereocenters. The first kappa shape index (κ1) is 14.8. The summed E-state index contributed by atoms with van der Waals surface area (Å²) in [7, 11) is 0. The summed E-state index contributed by atoms with van der Waals surface area (Å²) < 4.78 is 0. The van der Waals surface area contributed by atoms with Gasteiger partial charge in [0.25, 0.3) is 0 Å². The molecule has 1 aliphatic rings. The van der Waals surface area contributed by atoms with E-state index in [9.17, 15) is 4.79 Å². The second kappa shape index (κ2) is 6.60. The zero-order valence-corrected chi connectivity index (χ0v) is 12.0. The first-order valence-corrected chi connectivity index (χ1v) is 7.08. The smallest absolute Gasteiger partial charge is 0.227 e. The minimum atomic E-state index is -0.474. The van der Waals surface area contributed by atoms with E-state index in [1.54, 1.807) is 0 Å². The Morgan fingerprint density at radius 3 is 2.47 bits per heavy atom. The van der Waals surface area contributed by atoms with Gasteiger partial charge in [-0.05, 0) is 46.7 Å². The predicted molar refractivity (Wildman–Crippen MR) is 72.4 cm³/mol. The number of hydrogen-bond donors (Lipinski definition) is 1. The highest BCUT2D eigenvalue weighted by atomic mass is 35.5. The molecule has 0 aromatic carbocycles. The molecule has 1 rings (SSSR count). The van der Waals surface area contributed by atoms with E-state index in [4.69, 9.17) is 11.6 Å². The van der Waals surface area contributed by atoms with E-state index in [1.165, 1.54) is 32.4 Å². The van der Waals surface area contributed by atoms with Crippen molar-refractivity contribution in [3.63, 3.8) is 0 Å². The lowest BCUT2D eigenvalue weighted by Crippen LogP contribution is -2.48. The van der Waals surface area contributed by atoms with Crippen LogP contribution in [0, 0.1) is 5.41 Å². The lowest BCUT2D eigenvalue weighted by atomic mass is 9.95. The van der Waals surface area contributed by atoms with E-state index in [1.807, 2.05) is 13.8 Å². The number of likely N-dealkylation sites (tertiary alicyclic amines) is 1. The summed E-state index contributed by atoms with van der Waals surface area (Å²) in [5.74, 6) is 0.409. The molecule has 0 radical (unpaired) electrons. The maximum absolute atomic E-state index is 11.9. The van der Waals surface area contributed by atoms with Gasteiger partial charge in [-0.25, -0.2) is 0 Å². The molecule has 0 aliphatic carbocycles. The zero-order valence-electron chi connectivity index (χ0n) is 11.3. The van der Waals surface area contributed by atoms with E-state index in [-0.39, 0.29) is 11.9 Å². The van der Waals surface area contributed by atoms with Gasteiger partial charge in [-0.1, -0.05) is 6.42 Å². The molecule has 0 bridgehead atoms. The lowest BCUT2D eigenvalue weighted by molar-refractivity contribution is -0.129. The van der Waals surface area contributed by atoms with Gasteiger partial charge in [0, 0.05) is 18.5 Å². The highest BCUT2D eigenvalue weighted by Gasteiger charge is 2.27. The van der Waals surface area contributed by atoms with E-state index in [2.05, 4.69) is 17.1 Å². The number of rotatable bonds is 5. The van der Waals surface area contributed by atoms with Crippen LogP contribution >= 0.6 is 11.6 Å². The van der Waals surface area contributed by atoms with Crippen molar-refractivity contribution in [1.29, 1.82) is 0 Å². The number of halogens is 1. The topological polar surface area (TPSA) is 32.3 Å². The van der Waals surface area contributed by atoms with Crippen molar-refractivity contribution in [1.82, 2.24) is 10.2 Å². The normalized spacial score (nSPS) is 20.0. The Morgan fingerprint density at radius 2 is 1.94 bits per heavy atom. The van der Waals surface area contributed by atoms with Gasteiger partial charge < -0.3 is 10.2 Å². The standard InChI is InChI=1S/C13H25ClN2O/c1-11(9-16-7-5-4-6-8-16)15-12(17)13(2,3)10-14/h11H,4-10H2,1-3H3,(H,15,17). The van der Waals surface area contributed by atoms with Crippen LogP contribution in [0.25, 0.3) is 0 Å². The second-order valence-electron chi connectivity index (χ2n) is 5.75. The molecule has 1 aliphatic heterocycles. The van der Waals surface area contributed by atoms with Crippen LogP contribution in [0.1, 0.15) is 40.0 Å². The molecular formula is C13H25ClN2O. The Hall–Kier alpha value is -0.280. The van der Waals surface area contributed by atoms with Crippen molar-refractivity contribution in [3.05, 3.63) is 0 Å². The second-order valence-corrected chi connectivity index (χ2v) is 6.02. The van der Waals surface area contributed by atoms with Crippen molar-refractivity contribution in [2.75, 3.05) is 25.5 Å². The maximum atomic E-state index is 11.9. The van der Waals surface area contributed by atoms with Crippen molar-refractivity contribution in [3.8, 4) is 0 Å². The van der Waals surface area contributed by atoms with Crippen LogP contribution in [0.5, 0.6) is 0 Å². The van der Waals surface area contributed by atoms with Gasteiger partial charge in [-0.15, -0.1) is 11.6 Å². The lowest BCUT2D eigenvalue weighted by Gasteiger charge is -2.31. The number of carbonyl (C=O) groups is 1. The molecule has 1 unspecified atom stereocenters. The molecule has 1 amide bonds. The van der Waals surface area contributed by atoms with Crippen LogP contribution in [0.4, 0.5) is 0 Å². The minimum Gasteiger partial charge on any atom is -0.352 e. The fourth-order valence-corrected chi connectivity index (χ4v) is 2.18. The molecule has 4 heteroatoms. The van der Waals surface area contributed by atoms with Crippen LogP contribution in [0.3, 0.4) is 0 Å². The predicted octanol–water partition coefficient (Wildman–Crippen LogP) is 2.24. The Labute approximate surface area is 110 Å². The fraction of sp³-hybridized carbons (Fsp3) is 0.923. The van der Waals surface area contributed by atoms with Crippen LogP contribution in [0.15, 0.2) is 0 Å². The van der Waals surface area contributed by atoms with Gasteiger partial charge in [0.1, 0.15) is 0 Å². The number of amides is 1. The largest absolute Gasteiger partial charge is 0.352 e. The number of hydrogen-bond acceptors (Lipinski definition) is 2. The first-order chi connectivity index (χ1) is 7.95. The van der Waals surface area contributed by atoms with E-state index in [0.29, 0.717) is 5.88 Å². The molecule has 0 saturated carbocycles. The monoisotopic (exact) mass is 260 g/mol. The van der Waals surface area contributed by atoms with Crippen molar-refractivity contribution >= 4 is 17.5 Å². The molecule has 0 aromatic rings. The molecule has 1 fully saturated rings. The minimum absolute atomic E-state index is 0.0528. The average Bonchev–Trinajstić information content (AvgIpc) is 2.30. The van der Waals surface area contributed by atoms with Crippen LogP contribution in [-0.4, -0.2) is 42.4 Å². The summed E-state index contributed by atoms with van der Waals surface area (Å²) in [6.45, 7) is 9.10. The third-order valence-corrected chi connectivity index (χ3v) is 3.98.